The average molecular weight is 368 g/mol. The van der Waals surface area contributed by atoms with Crippen molar-refractivity contribution in [3.8, 4) is 0 Å². The maximum absolute atomic E-state index is 12.5. The van der Waals surface area contributed by atoms with Gasteiger partial charge in [0, 0.05) is 25.7 Å². The van der Waals surface area contributed by atoms with Gasteiger partial charge in [0.05, 0.1) is 24.3 Å². The molecule has 1 fully saturated rings. The molecule has 1 aromatic carbocycles. The zero-order valence-electron chi connectivity index (χ0n) is 15.9. The molecule has 0 radical (unpaired) electrons. The van der Waals surface area contributed by atoms with Crippen LogP contribution in [0.3, 0.4) is 0 Å². The molecule has 0 unspecified atom stereocenters. The SMILES string of the molecule is CCCCNC(=O)[C@@H]1CCCN(c2cnn(Cc3ccccc3)c(=O)c2)C1. The van der Waals surface area contributed by atoms with Gasteiger partial charge in [-0.1, -0.05) is 43.7 Å². The smallest absolute Gasteiger partial charge is 0.269 e. The lowest BCUT2D eigenvalue weighted by molar-refractivity contribution is -0.125. The second kappa shape index (κ2) is 9.35. The number of unbranched alkanes of at least 4 members (excludes halogenated alkanes) is 1. The Kier molecular flexibility index (Phi) is 6.63. The summed E-state index contributed by atoms with van der Waals surface area (Å²) in [6, 6.07) is 11.5. The van der Waals surface area contributed by atoms with Crippen LogP contribution in [-0.4, -0.2) is 35.3 Å². The van der Waals surface area contributed by atoms with Crippen LogP contribution in [0.5, 0.6) is 0 Å². The van der Waals surface area contributed by atoms with E-state index >= 15 is 0 Å². The van der Waals surface area contributed by atoms with Crippen LogP contribution in [0, 0.1) is 5.92 Å². The number of amides is 1. The lowest BCUT2D eigenvalue weighted by Gasteiger charge is -2.33. The number of benzene rings is 1. The third kappa shape index (κ3) is 5.18. The van der Waals surface area contributed by atoms with Gasteiger partial charge in [0.25, 0.3) is 5.56 Å². The van der Waals surface area contributed by atoms with Crippen LogP contribution < -0.4 is 15.8 Å². The van der Waals surface area contributed by atoms with Crippen molar-refractivity contribution in [1.82, 2.24) is 15.1 Å². The van der Waals surface area contributed by atoms with Gasteiger partial charge in [0.1, 0.15) is 0 Å². The molecule has 6 heteroatoms. The van der Waals surface area contributed by atoms with E-state index in [1.807, 2.05) is 30.3 Å². The summed E-state index contributed by atoms with van der Waals surface area (Å²) in [5, 5.41) is 7.37. The van der Waals surface area contributed by atoms with Crippen molar-refractivity contribution in [2.45, 2.75) is 39.2 Å². The molecule has 1 atom stereocenters. The van der Waals surface area contributed by atoms with E-state index in [2.05, 4.69) is 22.2 Å². The summed E-state index contributed by atoms with van der Waals surface area (Å²) in [6.45, 7) is 4.80. The fourth-order valence-corrected chi connectivity index (χ4v) is 3.43. The zero-order chi connectivity index (χ0) is 19.1. The van der Waals surface area contributed by atoms with Crippen LogP contribution in [0.1, 0.15) is 38.2 Å². The number of hydrogen-bond donors (Lipinski definition) is 1. The molecule has 0 aliphatic carbocycles. The van der Waals surface area contributed by atoms with Gasteiger partial charge in [-0.2, -0.15) is 5.10 Å². The molecule has 1 N–H and O–H groups in total. The Morgan fingerprint density at radius 3 is 2.85 bits per heavy atom. The van der Waals surface area contributed by atoms with Crippen LogP contribution >= 0.6 is 0 Å². The number of piperidine rings is 1. The van der Waals surface area contributed by atoms with E-state index in [4.69, 9.17) is 0 Å². The van der Waals surface area contributed by atoms with Crippen LogP contribution in [0.25, 0.3) is 0 Å². The highest BCUT2D eigenvalue weighted by Crippen LogP contribution is 2.21. The average Bonchev–Trinajstić information content (AvgIpc) is 2.70. The quantitative estimate of drug-likeness (QED) is 0.762. The summed E-state index contributed by atoms with van der Waals surface area (Å²) in [5.74, 6) is 0.0980. The van der Waals surface area contributed by atoms with Crippen molar-refractivity contribution in [3.63, 3.8) is 0 Å². The van der Waals surface area contributed by atoms with Crippen LogP contribution in [0.15, 0.2) is 47.4 Å². The van der Waals surface area contributed by atoms with E-state index in [9.17, 15) is 9.59 Å². The summed E-state index contributed by atoms with van der Waals surface area (Å²) in [5.41, 5.74) is 1.72. The Bertz CT molecular complexity index is 803. The van der Waals surface area contributed by atoms with Gasteiger partial charge >= 0.3 is 0 Å². The van der Waals surface area contributed by atoms with Gasteiger partial charge in [-0.15, -0.1) is 0 Å². The number of aromatic nitrogens is 2. The van der Waals surface area contributed by atoms with Crippen molar-refractivity contribution >= 4 is 11.6 Å². The van der Waals surface area contributed by atoms with Crippen LogP contribution in [0.4, 0.5) is 5.69 Å². The van der Waals surface area contributed by atoms with Gasteiger partial charge in [-0.3, -0.25) is 9.59 Å². The lowest BCUT2D eigenvalue weighted by atomic mass is 9.96. The number of anilines is 1. The molecule has 144 valence electrons. The van der Waals surface area contributed by atoms with Crippen LogP contribution in [-0.2, 0) is 11.3 Å². The van der Waals surface area contributed by atoms with Gasteiger partial charge in [-0.05, 0) is 24.8 Å². The molecule has 1 amide bonds. The Morgan fingerprint density at radius 1 is 1.30 bits per heavy atom. The summed E-state index contributed by atoms with van der Waals surface area (Å²) in [6.07, 6.45) is 5.65. The molecule has 3 rings (SSSR count). The Hall–Kier alpha value is -2.63. The maximum Gasteiger partial charge on any atom is 0.269 e. The van der Waals surface area contributed by atoms with Gasteiger partial charge in [0.2, 0.25) is 5.91 Å². The summed E-state index contributed by atoms with van der Waals surface area (Å²) in [7, 11) is 0. The largest absolute Gasteiger partial charge is 0.369 e. The minimum absolute atomic E-state index is 0.0256. The molecule has 2 aromatic rings. The van der Waals surface area contributed by atoms with E-state index in [-0.39, 0.29) is 17.4 Å². The monoisotopic (exact) mass is 368 g/mol. The standard InChI is InChI=1S/C21H28N4O2/c1-2-3-11-22-21(27)18-10-7-12-24(16-18)19-13-20(26)25(23-14-19)15-17-8-5-4-6-9-17/h4-6,8-9,13-14,18H,2-3,7,10-12,15-16H2,1H3,(H,22,27)/t18-/m1/s1. The van der Waals surface area contributed by atoms with Crippen molar-refractivity contribution in [2.24, 2.45) is 5.92 Å². The highest BCUT2D eigenvalue weighted by atomic mass is 16.2. The predicted octanol–water partition coefficient (Wildman–Crippen LogP) is 2.42. The van der Waals surface area contributed by atoms with E-state index < -0.39 is 0 Å². The fraction of sp³-hybridized carbons (Fsp3) is 0.476. The van der Waals surface area contributed by atoms with E-state index in [0.29, 0.717) is 13.1 Å². The molecule has 0 saturated carbocycles. The number of carbonyl (C=O) groups is 1. The van der Waals surface area contributed by atoms with E-state index in [1.54, 1.807) is 12.3 Å². The highest BCUT2D eigenvalue weighted by Gasteiger charge is 2.26. The molecule has 2 heterocycles. The Labute approximate surface area is 160 Å². The third-order valence-electron chi connectivity index (χ3n) is 5.02. The Morgan fingerprint density at radius 2 is 2.11 bits per heavy atom. The first-order valence-electron chi connectivity index (χ1n) is 9.81. The first-order chi connectivity index (χ1) is 13.2. The number of rotatable bonds is 7. The molecular weight excluding hydrogens is 340 g/mol. The molecular formula is C21H28N4O2. The minimum atomic E-state index is -0.120. The number of nitrogens with one attached hydrogen (secondary N) is 1. The second-order valence-corrected chi connectivity index (χ2v) is 7.13. The topological polar surface area (TPSA) is 67.2 Å². The van der Waals surface area contributed by atoms with Crippen molar-refractivity contribution in [2.75, 3.05) is 24.5 Å². The molecule has 27 heavy (non-hydrogen) atoms. The lowest BCUT2D eigenvalue weighted by Crippen LogP contribution is -2.43. The minimum Gasteiger partial charge on any atom is -0.369 e. The fourth-order valence-electron chi connectivity index (χ4n) is 3.43. The summed E-state index contributed by atoms with van der Waals surface area (Å²) < 4.78 is 1.47. The number of nitrogens with zero attached hydrogens (tertiary/aromatic N) is 3. The summed E-state index contributed by atoms with van der Waals surface area (Å²) >= 11 is 0. The molecule has 6 nitrogen and oxygen atoms in total. The van der Waals surface area contributed by atoms with E-state index in [1.165, 1.54) is 4.68 Å². The number of hydrogen-bond acceptors (Lipinski definition) is 4. The molecule has 0 spiro atoms. The predicted molar refractivity (Wildman–Crippen MR) is 107 cm³/mol. The molecule has 1 saturated heterocycles. The zero-order valence-corrected chi connectivity index (χ0v) is 15.9. The highest BCUT2D eigenvalue weighted by molar-refractivity contribution is 5.79. The normalized spacial score (nSPS) is 16.9. The molecule has 1 aromatic heterocycles. The third-order valence-corrected chi connectivity index (χ3v) is 5.02. The van der Waals surface area contributed by atoms with Crippen molar-refractivity contribution < 1.29 is 4.79 Å². The first-order valence-corrected chi connectivity index (χ1v) is 9.81. The summed E-state index contributed by atoms with van der Waals surface area (Å²) in [4.78, 5) is 26.9. The van der Waals surface area contributed by atoms with Gasteiger partial charge in [0.15, 0.2) is 0 Å². The van der Waals surface area contributed by atoms with Gasteiger partial charge in [-0.25, -0.2) is 4.68 Å². The van der Waals surface area contributed by atoms with Crippen LogP contribution in [0.2, 0.25) is 0 Å². The van der Waals surface area contributed by atoms with Gasteiger partial charge < -0.3 is 10.2 Å². The molecule has 1 aliphatic rings. The van der Waals surface area contributed by atoms with Crippen molar-refractivity contribution in [3.05, 3.63) is 58.5 Å². The molecule has 1 aliphatic heterocycles. The second-order valence-electron chi connectivity index (χ2n) is 7.13. The van der Waals surface area contributed by atoms with Crippen molar-refractivity contribution in [1.29, 1.82) is 0 Å². The number of carbonyl (C=O) groups excluding carboxylic acids is 1. The van der Waals surface area contributed by atoms with E-state index in [0.717, 1.165) is 50.0 Å². The first kappa shape index (κ1) is 19.1. The molecule has 0 bridgehead atoms. The Balaban J connectivity index is 1.64. The maximum atomic E-state index is 12.5.